The fraction of sp³-hybridized carbons (Fsp3) is 0.300. The van der Waals surface area contributed by atoms with E-state index in [1.807, 2.05) is 19.1 Å². The van der Waals surface area contributed by atoms with Crippen LogP contribution in [0.3, 0.4) is 0 Å². The Balaban J connectivity index is 2.82. The average Bonchev–Trinajstić information content (AvgIpc) is 2.09. The zero-order valence-corrected chi connectivity index (χ0v) is 8.93. The van der Waals surface area contributed by atoms with E-state index in [9.17, 15) is 0 Å². The third kappa shape index (κ3) is 2.64. The average molecular weight is 213 g/mol. The minimum atomic E-state index is -0.449. The molecule has 0 bridgehead atoms. The van der Waals surface area contributed by atoms with Crippen LogP contribution in [0.2, 0.25) is 5.02 Å². The van der Waals surface area contributed by atoms with Crippen molar-refractivity contribution in [1.29, 1.82) is 5.41 Å². The van der Waals surface area contributed by atoms with E-state index in [4.69, 9.17) is 27.5 Å². The Bertz CT molecular complexity index is 352. The highest BCUT2D eigenvalue weighted by atomic mass is 35.5. The molecule has 4 heteroatoms. The molecule has 0 aliphatic carbocycles. The van der Waals surface area contributed by atoms with Crippen molar-refractivity contribution in [2.75, 3.05) is 0 Å². The number of nitrogens with two attached hydrogens (primary N) is 1. The molecular weight excluding hydrogens is 200 g/mol. The molecule has 0 saturated carbocycles. The largest absolute Gasteiger partial charge is 0.481 e. The number of benzene rings is 1. The first-order chi connectivity index (χ1) is 6.50. The first-order valence-electron chi connectivity index (χ1n) is 4.27. The molecule has 14 heavy (non-hydrogen) atoms. The van der Waals surface area contributed by atoms with Crippen molar-refractivity contribution in [3.05, 3.63) is 28.8 Å². The van der Waals surface area contributed by atoms with Gasteiger partial charge in [0.15, 0.2) is 6.10 Å². The highest BCUT2D eigenvalue weighted by Gasteiger charge is 2.09. The highest BCUT2D eigenvalue weighted by molar-refractivity contribution is 6.32. The summed E-state index contributed by atoms with van der Waals surface area (Å²) in [5.41, 5.74) is 6.35. The van der Waals surface area contributed by atoms with Crippen LogP contribution in [0.15, 0.2) is 18.2 Å². The van der Waals surface area contributed by atoms with Gasteiger partial charge in [-0.1, -0.05) is 17.7 Å². The van der Waals surface area contributed by atoms with Crippen LogP contribution < -0.4 is 10.5 Å². The lowest BCUT2D eigenvalue weighted by atomic mass is 10.2. The Morgan fingerprint density at radius 1 is 1.57 bits per heavy atom. The molecule has 1 atom stereocenters. The smallest absolute Gasteiger partial charge is 0.152 e. The Hall–Kier alpha value is -1.22. The highest BCUT2D eigenvalue weighted by Crippen LogP contribution is 2.25. The van der Waals surface area contributed by atoms with Gasteiger partial charge in [-0.15, -0.1) is 0 Å². The van der Waals surface area contributed by atoms with Gasteiger partial charge in [0.2, 0.25) is 0 Å². The molecule has 3 N–H and O–H groups in total. The summed E-state index contributed by atoms with van der Waals surface area (Å²) in [6.45, 7) is 3.66. The van der Waals surface area contributed by atoms with Gasteiger partial charge >= 0.3 is 0 Å². The number of halogens is 1. The molecular formula is C10H13ClN2O. The van der Waals surface area contributed by atoms with E-state index in [1.165, 1.54) is 0 Å². The van der Waals surface area contributed by atoms with Crippen LogP contribution in [0.25, 0.3) is 0 Å². The maximum atomic E-state index is 7.17. The van der Waals surface area contributed by atoms with Gasteiger partial charge in [0.05, 0.1) is 5.02 Å². The number of hydrogen-bond donors (Lipinski definition) is 2. The molecule has 1 aromatic rings. The van der Waals surface area contributed by atoms with E-state index in [-0.39, 0.29) is 5.84 Å². The topological polar surface area (TPSA) is 59.1 Å². The van der Waals surface area contributed by atoms with Gasteiger partial charge in [0, 0.05) is 0 Å². The van der Waals surface area contributed by atoms with Crippen molar-refractivity contribution in [1.82, 2.24) is 0 Å². The standard InChI is InChI=1S/C10H13ClN2O/c1-6-3-4-9(8(11)5-6)14-7(2)10(12)13/h3-5,7H,1-2H3,(H3,12,13). The first-order valence-corrected chi connectivity index (χ1v) is 4.65. The summed E-state index contributed by atoms with van der Waals surface area (Å²) in [4.78, 5) is 0. The lowest BCUT2D eigenvalue weighted by Gasteiger charge is -2.14. The maximum absolute atomic E-state index is 7.17. The third-order valence-electron chi connectivity index (χ3n) is 1.83. The minimum absolute atomic E-state index is 0.0124. The zero-order valence-electron chi connectivity index (χ0n) is 8.17. The Morgan fingerprint density at radius 2 is 2.21 bits per heavy atom. The van der Waals surface area contributed by atoms with Crippen LogP contribution in [0, 0.1) is 12.3 Å². The fourth-order valence-electron chi connectivity index (χ4n) is 0.955. The molecule has 3 nitrogen and oxygen atoms in total. The van der Waals surface area contributed by atoms with Crippen LogP contribution >= 0.6 is 11.6 Å². The molecule has 0 aliphatic heterocycles. The molecule has 0 saturated heterocycles. The van der Waals surface area contributed by atoms with Gasteiger partial charge in [-0.05, 0) is 31.5 Å². The summed E-state index contributed by atoms with van der Waals surface area (Å²) in [5.74, 6) is 0.543. The predicted molar refractivity (Wildman–Crippen MR) is 58.2 cm³/mol. The second-order valence-corrected chi connectivity index (χ2v) is 3.56. The Labute approximate surface area is 88.3 Å². The van der Waals surface area contributed by atoms with Crippen LogP contribution in [0.4, 0.5) is 0 Å². The summed E-state index contributed by atoms with van der Waals surface area (Å²) in [5, 5.41) is 7.71. The molecule has 0 radical (unpaired) electrons. The lowest BCUT2D eigenvalue weighted by Crippen LogP contribution is -2.30. The summed E-state index contributed by atoms with van der Waals surface area (Å²) in [6.07, 6.45) is -0.449. The molecule has 1 rings (SSSR count). The lowest BCUT2D eigenvalue weighted by molar-refractivity contribution is 0.285. The fourth-order valence-corrected chi connectivity index (χ4v) is 1.24. The summed E-state index contributed by atoms with van der Waals surface area (Å²) < 4.78 is 5.38. The molecule has 0 spiro atoms. The van der Waals surface area contributed by atoms with Crippen molar-refractivity contribution in [2.45, 2.75) is 20.0 Å². The van der Waals surface area contributed by atoms with Gasteiger partial charge in [-0.2, -0.15) is 0 Å². The Morgan fingerprint density at radius 3 is 2.71 bits per heavy atom. The number of nitrogens with one attached hydrogen (secondary N) is 1. The summed E-state index contributed by atoms with van der Waals surface area (Å²) in [6, 6.07) is 5.48. The van der Waals surface area contributed by atoms with Gasteiger partial charge in [-0.3, -0.25) is 5.41 Å². The van der Waals surface area contributed by atoms with E-state index < -0.39 is 6.10 Å². The van der Waals surface area contributed by atoms with E-state index in [0.717, 1.165) is 5.56 Å². The van der Waals surface area contributed by atoms with Crippen LogP contribution in [0.5, 0.6) is 5.75 Å². The number of aryl methyl sites for hydroxylation is 1. The van der Waals surface area contributed by atoms with Crippen molar-refractivity contribution in [3.63, 3.8) is 0 Å². The molecule has 1 aromatic carbocycles. The van der Waals surface area contributed by atoms with Crippen molar-refractivity contribution in [3.8, 4) is 5.75 Å². The second-order valence-electron chi connectivity index (χ2n) is 3.15. The molecule has 1 unspecified atom stereocenters. The molecule has 0 amide bonds. The Kier molecular flexibility index (Phi) is 3.36. The van der Waals surface area contributed by atoms with Crippen molar-refractivity contribution >= 4 is 17.4 Å². The minimum Gasteiger partial charge on any atom is -0.481 e. The molecule has 0 fully saturated rings. The number of ether oxygens (including phenoxy) is 1. The second kappa shape index (κ2) is 4.33. The predicted octanol–water partition coefficient (Wildman–Crippen LogP) is 2.35. The monoisotopic (exact) mass is 212 g/mol. The molecule has 76 valence electrons. The van der Waals surface area contributed by atoms with Gasteiger partial charge in [0.25, 0.3) is 0 Å². The molecule has 0 aliphatic rings. The van der Waals surface area contributed by atoms with Gasteiger partial charge in [-0.25, -0.2) is 0 Å². The van der Waals surface area contributed by atoms with E-state index in [0.29, 0.717) is 10.8 Å². The first kappa shape index (κ1) is 10.9. The van der Waals surface area contributed by atoms with Crippen molar-refractivity contribution in [2.24, 2.45) is 5.73 Å². The number of rotatable bonds is 3. The maximum Gasteiger partial charge on any atom is 0.152 e. The van der Waals surface area contributed by atoms with E-state index in [2.05, 4.69) is 0 Å². The zero-order chi connectivity index (χ0) is 10.7. The molecule has 0 aromatic heterocycles. The number of hydrogen-bond acceptors (Lipinski definition) is 2. The summed E-state index contributed by atoms with van der Waals surface area (Å²) in [7, 11) is 0. The van der Waals surface area contributed by atoms with Crippen molar-refractivity contribution < 1.29 is 4.74 Å². The normalized spacial score (nSPS) is 12.2. The quantitative estimate of drug-likeness (QED) is 0.597. The van der Waals surface area contributed by atoms with E-state index in [1.54, 1.807) is 13.0 Å². The van der Waals surface area contributed by atoms with Gasteiger partial charge in [0.1, 0.15) is 11.6 Å². The summed E-state index contributed by atoms with van der Waals surface area (Å²) >= 11 is 5.94. The third-order valence-corrected chi connectivity index (χ3v) is 2.12. The van der Waals surface area contributed by atoms with Crippen LogP contribution in [-0.2, 0) is 0 Å². The number of amidine groups is 1. The SMILES string of the molecule is Cc1ccc(OC(C)C(=N)N)c(Cl)c1. The van der Waals surface area contributed by atoms with Gasteiger partial charge < -0.3 is 10.5 Å². The molecule has 0 heterocycles. The van der Waals surface area contributed by atoms with Crippen LogP contribution in [0.1, 0.15) is 12.5 Å². The van der Waals surface area contributed by atoms with Crippen LogP contribution in [-0.4, -0.2) is 11.9 Å². The van der Waals surface area contributed by atoms with E-state index >= 15 is 0 Å².